The van der Waals surface area contributed by atoms with Crippen molar-refractivity contribution in [1.29, 1.82) is 0 Å². The molecule has 1 atom stereocenters. The smallest absolute Gasteiger partial charge is 0.127 e. The number of unbranched alkanes of at least 4 members (excludes halogenated alkanes) is 7. The Balaban J connectivity index is 1.56. The van der Waals surface area contributed by atoms with Gasteiger partial charge in [0.2, 0.25) is 0 Å². The van der Waals surface area contributed by atoms with E-state index in [0.29, 0.717) is 0 Å². The van der Waals surface area contributed by atoms with Gasteiger partial charge in [-0.1, -0.05) is 113 Å². The zero-order valence-electron chi connectivity index (χ0n) is 19.8. The van der Waals surface area contributed by atoms with E-state index in [-0.39, 0.29) is 5.25 Å². The average Bonchev–Trinajstić information content (AvgIpc) is 3.23. The Kier molecular flexibility index (Phi) is 9.06. The average molecular weight is 457 g/mol. The fraction of sp³-hybridized carbons (Fsp3) is 0.367. The third-order valence-corrected chi connectivity index (χ3v) is 7.52. The van der Waals surface area contributed by atoms with Crippen LogP contribution in [0.15, 0.2) is 89.8 Å². The van der Waals surface area contributed by atoms with Crippen molar-refractivity contribution in [1.82, 2.24) is 9.55 Å². The monoisotopic (exact) mass is 456 g/mol. The number of rotatable bonds is 13. The number of fused-ring (bicyclic) bond motifs is 1. The van der Waals surface area contributed by atoms with Gasteiger partial charge in [-0.25, -0.2) is 4.98 Å². The molecule has 1 unspecified atom stereocenters. The van der Waals surface area contributed by atoms with E-state index in [9.17, 15) is 0 Å². The summed E-state index contributed by atoms with van der Waals surface area (Å²) >= 11 is 1.90. The van der Waals surface area contributed by atoms with Crippen LogP contribution in [0.3, 0.4) is 0 Å². The Morgan fingerprint density at radius 1 is 0.697 bits per heavy atom. The Morgan fingerprint density at radius 3 is 2.03 bits per heavy atom. The molecule has 2 nitrogen and oxygen atoms in total. The Hall–Kier alpha value is -2.52. The number of hydrogen-bond acceptors (Lipinski definition) is 2. The van der Waals surface area contributed by atoms with Gasteiger partial charge in [0.05, 0.1) is 16.3 Å². The summed E-state index contributed by atoms with van der Waals surface area (Å²) in [4.78, 5) is 6.45. The number of thioether (sulfide) groups is 1. The lowest BCUT2D eigenvalue weighted by Gasteiger charge is -2.19. The summed E-state index contributed by atoms with van der Waals surface area (Å²) in [5.74, 6) is 1.17. The molecule has 4 aromatic rings. The third-order valence-electron chi connectivity index (χ3n) is 6.25. The number of aromatic nitrogens is 2. The van der Waals surface area contributed by atoms with Gasteiger partial charge in [0.1, 0.15) is 5.82 Å². The van der Waals surface area contributed by atoms with E-state index in [0.717, 1.165) is 12.1 Å². The van der Waals surface area contributed by atoms with E-state index in [2.05, 4.69) is 96.4 Å². The van der Waals surface area contributed by atoms with Crippen molar-refractivity contribution in [3.63, 3.8) is 0 Å². The van der Waals surface area contributed by atoms with Crippen LogP contribution in [0.5, 0.6) is 0 Å². The first-order valence-corrected chi connectivity index (χ1v) is 13.5. The summed E-state index contributed by atoms with van der Waals surface area (Å²) < 4.78 is 2.49. The van der Waals surface area contributed by atoms with Crippen molar-refractivity contribution in [3.05, 3.63) is 96.3 Å². The Morgan fingerprint density at radius 2 is 1.30 bits per heavy atom. The van der Waals surface area contributed by atoms with Crippen LogP contribution < -0.4 is 0 Å². The zero-order chi connectivity index (χ0) is 22.7. The summed E-state index contributed by atoms with van der Waals surface area (Å²) in [6.07, 6.45) is 10.7. The van der Waals surface area contributed by atoms with E-state index in [1.54, 1.807) is 0 Å². The molecule has 0 aliphatic rings. The van der Waals surface area contributed by atoms with Crippen molar-refractivity contribution >= 4 is 22.8 Å². The summed E-state index contributed by atoms with van der Waals surface area (Å²) in [6, 6.07) is 30.2. The molecule has 0 saturated heterocycles. The van der Waals surface area contributed by atoms with Crippen LogP contribution in [0.25, 0.3) is 11.0 Å². The molecule has 1 heterocycles. The quantitative estimate of drug-likeness (QED) is 0.147. The maximum Gasteiger partial charge on any atom is 0.127 e. The minimum atomic E-state index is 0.162. The number of aryl methyl sites for hydroxylation is 1. The number of benzene rings is 3. The second-order valence-electron chi connectivity index (χ2n) is 8.81. The highest BCUT2D eigenvalue weighted by Crippen LogP contribution is 2.41. The molecule has 0 N–H and O–H groups in total. The van der Waals surface area contributed by atoms with Crippen LogP contribution in [0.4, 0.5) is 0 Å². The van der Waals surface area contributed by atoms with Gasteiger partial charge in [-0.05, 0) is 36.2 Å². The van der Waals surface area contributed by atoms with Crippen molar-refractivity contribution in [2.24, 2.45) is 0 Å². The van der Waals surface area contributed by atoms with Crippen molar-refractivity contribution in [3.8, 4) is 0 Å². The summed E-state index contributed by atoms with van der Waals surface area (Å²) in [5, 5.41) is 0.162. The van der Waals surface area contributed by atoms with E-state index in [1.165, 1.54) is 73.2 Å². The first-order chi connectivity index (χ1) is 16.4. The molecule has 0 bridgehead atoms. The van der Waals surface area contributed by atoms with Crippen LogP contribution in [-0.2, 0) is 6.54 Å². The van der Waals surface area contributed by atoms with Crippen LogP contribution in [0.1, 0.15) is 74.9 Å². The number of para-hydroxylation sites is 2. The first-order valence-electron chi connectivity index (χ1n) is 12.6. The topological polar surface area (TPSA) is 17.8 Å². The highest BCUT2D eigenvalue weighted by Gasteiger charge is 2.23. The van der Waals surface area contributed by atoms with Gasteiger partial charge in [-0.15, -0.1) is 11.8 Å². The van der Waals surface area contributed by atoms with Gasteiger partial charge in [-0.2, -0.15) is 0 Å². The van der Waals surface area contributed by atoms with Gasteiger partial charge in [0, 0.05) is 11.4 Å². The second-order valence-corrected chi connectivity index (χ2v) is 9.99. The zero-order valence-corrected chi connectivity index (χ0v) is 20.6. The lowest BCUT2D eigenvalue weighted by atomic mass is 10.1. The second kappa shape index (κ2) is 12.6. The maximum atomic E-state index is 5.18. The molecule has 0 aliphatic heterocycles. The standard InChI is InChI=1S/C30H36N2S/c1-2-3-4-5-6-7-8-17-24-32-28-23-16-15-22-27(28)31-30(32)29(25-18-11-9-12-19-25)33-26-20-13-10-14-21-26/h9-16,18-23,29H,2-8,17,24H2,1H3. The van der Waals surface area contributed by atoms with Crippen molar-refractivity contribution in [2.75, 3.05) is 0 Å². The molecule has 172 valence electrons. The highest BCUT2D eigenvalue weighted by atomic mass is 32.2. The van der Waals surface area contributed by atoms with Crippen LogP contribution >= 0.6 is 11.8 Å². The van der Waals surface area contributed by atoms with Crippen LogP contribution in [-0.4, -0.2) is 9.55 Å². The summed E-state index contributed by atoms with van der Waals surface area (Å²) in [6.45, 7) is 3.31. The lowest BCUT2D eigenvalue weighted by Crippen LogP contribution is -2.09. The van der Waals surface area contributed by atoms with E-state index >= 15 is 0 Å². The van der Waals surface area contributed by atoms with Gasteiger partial charge in [0.15, 0.2) is 0 Å². The molecule has 0 spiro atoms. The number of nitrogens with zero attached hydrogens (tertiary/aromatic N) is 2. The molecular weight excluding hydrogens is 420 g/mol. The third kappa shape index (κ3) is 6.51. The van der Waals surface area contributed by atoms with E-state index in [4.69, 9.17) is 4.98 Å². The molecule has 3 aromatic carbocycles. The lowest BCUT2D eigenvalue weighted by molar-refractivity contribution is 0.541. The summed E-state index contributed by atoms with van der Waals surface area (Å²) in [7, 11) is 0. The Bertz CT molecular complexity index is 1090. The minimum Gasteiger partial charge on any atom is -0.327 e. The number of hydrogen-bond donors (Lipinski definition) is 0. The highest BCUT2D eigenvalue weighted by molar-refractivity contribution is 7.99. The van der Waals surface area contributed by atoms with E-state index in [1.807, 2.05) is 11.8 Å². The molecule has 4 rings (SSSR count). The summed E-state index contributed by atoms with van der Waals surface area (Å²) in [5.41, 5.74) is 3.66. The molecular formula is C30H36N2S. The SMILES string of the molecule is CCCCCCCCCCn1c(C(Sc2ccccc2)c2ccccc2)nc2ccccc21. The molecule has 0 fully saturated rings. The van der Waals surface area contributed by atoms with E-state index < -0.39 is 0 Å². The Labute approximate surface area is 203 Å². The fourth-order valence-electron chi connectivity index (χ4n) is 4.47. The van der Waals surface area contributed by atoms with Crippen LogP contribution in [0, 0.1) is 0 Å². The maximum absolute atomic E-state index is 5.18. The molecule has 0 saturated carbocycles. The van der Waals surface area contributed by atoms with Crippen molar-refractivity contribution < 1.29 is 0 Å². The molecule has 1 aromatic heterocycles. The fourth-order valence-corrected chi connectivity index (χ4v) is 5.63. The predicted molar refractivity (Wildman–Crippen MR) is 143 cm³/mol. The normalized spacial score (nSPS) is 12.3. The molecule has 0 radical (unpaired) electrons. The molecule has 0 aliphatic carbocycles. The molecule has 0 amide bonds. The number of imidazole rings is 1. The predicted octanol–water partition coefficient (Wildman–Crippen LogP) is 9.06. The van der Waals surface area contributed by atoms with Gasteiger partial charge >= 0.3 is 0 Å². The van der Waals surface area contributed by atoms with Crippen molar-refractivity contribution in [2.45, 2.75) is 75.0 Å². The largest absolute Gasteiger partial charge is 0.327 e. The molecule has 3 heteroatoms. The minimum absolute atomic E-state index is 0.162. The van der Waals surface area contributed by atoms with Gasteiger partial charge in [-0.3, -0.25) is 0 Å². The molecule has 33 heavy (non-hydrogen) atoms. The first kappa shape index (κ1) is 23.6. The van der Waals surface area contributed by atoms with Gasteiger partial charge in [0.25, 0.3) is 0 Å². The van der Waals surface area contributed by atoms with Crippen LogP contribution in [0.2, 0.25) is 0 Å². The van der Waals surface area contributed by atoms with Gasteiger partial charge < -0.3 is 4.57 Å².